The molecule has 2 aliphatic heterocycles. The third kappa shape index (κ3) is 5.59. The number of para-hydroxylation sites is 1. The van der Waals surface area contributed by atoms with E-state index in [9.17, 15) is 9.59 Å². The molecular formula is C29H37N3O3. The zero-order valence-electron chi connectivity index (χ0n) is 21.4. The lowest BCUT2D eigenvalue weighted by Crippen LogP contribution is -2.37. The molecule has 1 fully saturated rings. The van der Waals surface area contributed by atoms with E-state index in [1.165, 1.54) is 5.56 Å². The first-order chi connectivity index (χ1) is 16.8. The Morgan fingerprint density at radius 1 is 1.00 bits per heavy atom. The molecule has 0 bridgehead atoms. The molecule has 0 saturated carbocycles. The number of anilines is 1. The normalized spacial score (nSPS) is 18.9. The number of ether oxygens (including phenoxy) is 1. The van der Waals surface area contributed by atoms with E-state index in [0.717, 1.165) is 55.2 Å². The van der Waals surface area contributed by atoms with Gasteiger partial charge in [0.1, 0.15) is 5.75 Å². The lowest BCUT2D eigenvalue weighted by atomic mass is 9.83. The monoisotopic (exact) mass is 475 g/mol. The van der Waals surface area contributed by atoms with Gasteiger partial charge < -0.3 is 14.5 Å². The number of benzene rings is 2. The van der Waals surface area contributed by atoms with Gasteiger partial charge in [-0.25, -0.2) is 0 Å². The number of methoxy groups -OCH3 is 1. The summed E-state index contributed by atoms with van der Waals surface area (Å²) < 4.78 is 5.20. The number of amides is 1. The van der Waals surface area contributed by atoms with E-state index in [0.29, 0.717) is 19.5 Å². The first kappa shape index (κ1) is 25.0. The first-order valence-corrected chi connectivity index (χ1v) is 12.5. The molecule has 35 heavy (non-hydrogen) atoms. The number of nitrogens with zero attached hydrogens (tertiary/aromatic N) is 3. The molecule has 2 aliphatic rings. The molecule has 6 nitrogen and oxygen atoms in total. The van der Waals surface area contributed by atoms with Crippen LogP contribution in [0.3, 0.4) is 0 Å². The van der Waals surface area contributed by atoms with E-state index in [-0.39, 0.29) is 17.1 Å². The number of hydrogen-bond acceptors (Lipinski definition) is 5. The van der Waals surface area contributed by atoms with Gasteiger partial charge in [0.2, 0.25) is 5.91 Å². The molecule has 0 spiro atoms. The van der Waals surface area contributed by atoms with E-state index in [1.54, 1.807) is 7.11 Å². The van der Waals surface area contributed by atoms with Crippen LogP contribution in [0.25, 0.3) is 0 Å². The van der Waals surface area contributed by atoms with Gasteiger partial charge in [-0.3, -0.25) is 14.5 Å². The second kappa shape index (κ2) is 10.6. The number of carbonyl (C=O) groups is 2. The Hall–Kier alpha value is -3.12. The summed E-state index contributed by atoms with van der Waals surface area (Å²) in [7, 11) is 3.69. The SMILES string of the molecule is COc1ccc(CCC(=O)N2CCCN(CC(=O)/C=C3/N(C)c4ccccc4C3(C)C)CC2)cc1. The maximum absolute atomic E-state index is 13.1. The van der Waals surface area contributed by atoms with Gasteiger partial charge in [-0.15, -0.1) is 0 Å². The quantitative estimate of drug-likeness (QED) is 0.566. The summed E-state index contributed by atoms with van der Waals surface area (Å²) in [6.45, 7) is 7.71. The maximum atomic E-state index is 13.1. The minimum absolute atomic E-state index is 0.118. The van der Waals surface area contributed by atoms with Gasteiger partial charge in [0.05, 0.1) is 13.7 Å². The van der Waals surface area contributed by atoms with Gasteiger partial charge in [-0.05, 0) is 42.2 Å². The summed E-state index contributed by atoms with van der Waals surface area (Å²) in [5.41, 5.74) is 4.38. The molecular weight excluding hydrogens is 438 g/mol. The lowest BCUT2D eigenvalue weighted by molar-refractivity contribution is -0.131. The number of likely N-dealkylation sites (N-methyl/N-ethyl adjacent to an activating group) is 1. The minimum Gasteiger partial charge on any atom is -0.497 e. The van der Waals surface area contributed by atoms with Crippen LogP contribution in [-0.2, 0) is 21.4 Å². The lowest BCUT2D eigenvalue weighted by Gasteiger charge is -2.25. The van der Waals surface area contributed by atoms with Gasteiger partial charge in [0.25, 0.3) is 0 Å². The number of rotatable bonds is 7. The van der Waals surface area contributed by atoms with E-state index in [2.05, 4.69) is 41.8 Å². The van der Waals surface area contributed by atoms with Crippen molar-refractivity contribution in [3.8, 4) is 5.75 Å². The summed E-state index contributed by atoms with van der Waals surface area (Å²) in [5.74, 6) is 1.13. The van der Waals surface area contributed by atoms with Crippen molar-refractivity contribution in [2.24, 2.45) is 0 Å². The highest BCUT2D eigenvalue weighted by atomic mass is 16.5. The minimum atomic E-state index is -0.201. The maximum Gasteiger partial charge on any atom is 0.222 e. The Morgan fingerprint density at radius 2 is 1.74 bits per heavy atom. The molecule has 0 unspecified atom stereocenters. The van der Waals surface area contributed by atoms with Crippen molar-refractivity contribution in [1.29, 1.82) is 0 Å². The third-order valence-electron chi connectivity index (χ3n) is 7.35. The van der Waals surface area contributed by atoms with Crippen LogP contribution in [0.1, 0.15) is 37.8 Å². The van der Waals surface area contributed by atoms with Crippen LogP contribution in [0.4, 0.5) is 5.69 Å². The number of fused-ring (bicyclic) bond motifs is 1. The zero-order valence-corrected chi connectivity index (χ0v) is 21.4. The van der Waals surface area contributed by atoms with Crippen LogP contribution in [-0.4, -0.2) is 68.4 Å². The van der Waals surface area contributed by atoms with Gasteiger partial charge in [-0.2, -0.15) is 0 Å². The van der Waals surface area contributed by atoms with E-state index >= 15 is 0 Å². The van der Waals surface area contributed by atoms with Crippen LogP contribution in [0.5, 0.6) is 5.75 Å². The summed E-state index contributed by atoms with van der Waals surface area (Å²) in [6.07, 6.45) is 3.93. The topological polar surface area (TPSA) is 53.1 Å². The van der Waals surface area contributed by atoms with Crippen LogP contribution in [0, 0.1) is 0 Å². The Bertz CT molecular complexity index is 1090. The largest absolute Gasteiger partial charge is 0.497 e. The molecule has 0 N–H and O–H groups in total. The van der Waals surface area contributed by atoms with Gasteiger partial charge in [0.15, 0.2) is 5.78 Å². The summed E-state index contributed by atoms with van der Waals surface area (Å²) >= 11 is 0. The molecule has 6 heteroatoms. The third-order valence-corrected chi connectivity index (χ3v) is 7.35. The number of carbonyl (C=O) groups excluding carboxylic acids is 2. The van der Waals surface area contributed by atoms with E-state index in [4.69, 9.17) is 4.74 Å². The number of ketones is 1. The van der Waals surface area contributed by atoms with Crippen molar-refractivity contribution in [3.63, 3.8) is 0 Å². The van der Waals surface area contributed by atoms with Crippen molar-refractivity contribution >= 4 is 17.4 Å². The summed E-state index contributed by atoms with van der Waals surface area (Å²) in [6, 6.07) is 16.2. The fraction of sp³-hybridized carbons (Fsp3) is 0.448. The second-order valence-corrected chi connectivity index (χ2v) is 10.1. The molecule has 2 heterocycles. The predicted octanol–water partition coefficient (Wildman–Crippen LogP) is 4.04. The van der Waals surface area contributed by atoms with Gasteiger partial charge in [0, 0.05) is 62.5 Å². The fourth-order valence-corrected chi connectivity index (χ4v) is 5.26. The molecule has 0 aliphatic carbocycles. The highest BCUT2D eigenvalue weighted by Crippen LogP contribution is 2.46. The average Bonchev–Trinajstić information content (AvgIpc) is 3.01. The summed E-state index contributed by atoms with van der Waals surface area (Å²) in [5, 5.41) is 0. The number of allylic oxidation sites excluding steroid dienone is 1. The molecule has 0 atom stereocenters. The molecule has 186 valence electrons. The highest BCUT2D eigenvalue weighted by Gasteiger charge is 2.38. The summed E-state index contributed by atoms with van der Waals surface area (Å²) in [4.78, 5) is 32.2. The second-order valence-electron chi connectivity index (χ2n) is 10.1. The average molecular weight is 476 g/mol. The molecule has 0 aromatic heterocycles. The Balaban J connectivity index is 1.30. The van der Waals surface area contributed by atoms with E-state index < -0.39 is 0 Å². The molecule has 4 rings (SSSR count). The van der Waals surface area contributed by atoms with Gasteiger partial charge >= 0.3 is 0 Å². The Labute approximate surface area is 209 Å². The van der Waals surface area contributed by atoms with Crippen LogP contribution < -0.4 is 9.64 Å². The van der Waals surface area contributed by atoms with Crippen molar-refractivity contribution in [2.75, 3.05) is 51.8 Å². The zero-order chi connectivity index (χ0) is 25.0. The Kier molecular flexibility index (Phi) is 7.60. The molecule has 0 radical (unpaired) electrons. The smallest absolute Gasteiger partial charge is 0.222 e. The first-order valence-electron chi connectivity index (χ1n) is 12.5. The van der Waals surface area contributed by atoms with Crippen molar-refractivity contribution < 1.29 is 14.3 Å². The Morgan fingerprint density at radius 3 is 2.46 bits per heavy atom. The van der Waals surface area contributed by atoms with E-state index in [1.807, 2.05) is 48.4 Å². The highest BCUT2D eigenvalue weighted by molar-refractivity contribution is 5.94. The molecule has 2 aromatic carbocycles. The van der Waals surface area contributed by atoms with Crippen molar-refractivity contribution in [1.82, 2.24) is 9.80 Å². The molecule has 2 aromatic rings. The number of aryl methyl sites for hydroxylation is 1. The van der Waals surface area contributed by atoms with Crippen molar-refractivity contribution in [2.45, 2.75) is 38.5 Å². The van der Waals surface area contributed by atoms with Crippen LogP contribution in [0.2, 0.25) is 0 Å². The predicted molar refractivity (Wildman–Crippen MR) is 140 cm³/mol. The molecule has 1 saturated heterocycles. The van der Waals surface area contributed by atoms with Crippen molar-refractivity contribution in [3.05, 3.63) is 71.4 Å². The fourth-order valence-electron chi connectivity index (χ4n) is 5.26. The van der Waals surface area contributed by atoms with Crippen LogP contribution in [0.15, 0.2) is 60.3 Å². The number of hydrogen-bond donors (Lipinski definition) is 0. The molecule has 1 amide bonds. The van der Waals surface area contributed by atoms with Crippen LogP contribution >= 0.6 is 0 Å². The van der Waals surface area contributed by atoms with Gasteiger partial charge in [-0.1, -0.05) is 44.2 Å². The standard InChI is InChI=1S/C29H37N3O3/c1-29(2)25-8-5-6-9-26(25)30(3)27(29)20-23(33)21-31-16-7-17-32(19-18-31)28(34)15-12-22-10-13-24(35-4)14-11-22/h5-6,8-11,13-14,20H,7,12,15-19,21H2,1-4H3/b27-20+.